The van der Waals surface area contributed by atoms with Crippen LogP contribution in [0.1, 0.15) is 124 Å². The van der Waals surface area contributed by atoms with E-state index in [0.29, 0.717) is 5.92 Å². The lowest BCUT2D eigenvalue weighted by atomic mass is 9.73. The molecule has 0 aliphatic heterocycles. The van der Waals surface area contributed by atoms with Crippen molar-refractivity contribution < 1.29 is 0 Å². The SMILES string of the molecule is C1CCC(C2CCCCC2)CC1.C=C/C=C\C(=C)C(C)CCC(C)C(C)CCCC. The maximum Gasteiger partial charge on any atom is -0.0196 e. The Hall–Kier alpha value is -0.780. The smallest absolute Gasteiger partial charge is 0.0196 e. The molecule has 0 amide bonds. The molecule has 0 aromatic rings. The van der Waals surface area contributed by atoms with Gasteiger partial charge in [-0.25, -0.2) is 0 Å². The van der Waals surface area contributed by atoms with E-state index in [2.05, 4.69) is 46.9 Å². The highest BCUT2D eigenvalue weighted by Crippen LogP contribution is 2.37. The Bertz CT molecular complexity index is 442. The Morgan fingerprint density at radius 3 is 1.77 bits per heavy atom. The van der Waals surface area contributed by atoms with Gasteiger partial charge in [0.1, 0.15) is 0 Å². The second kappa shape index (κ2) is 16.9. The summed E-state index contributed by atoms with van der Waals surface area (Å²) >= 11 is 0. The van der Waals surface area contributed by atoms with Crippen LogP contribution in [-0.4, -0.2) is 0 Å². The summed E-state index contributed by atoms with van der Waals surface area (Å²) in [6, 6.07) is 0. The maximum atomic E-state index is 4.13. The highest BCUT2D eigenvalue weighted by Gasteiger charge is 2.24. The molecule has 0 saturated heterocycles. The molecule has 0 spiro atoms. The molecule has 30 heavy (non-hydrogen) atoms. The lowest BCUT2D eigenvalue weighted by Crippen LogP contribution is -2.20. The molecule has 0 aromatic heterocycles. The zero-order valence-corrected chi connectivity index (χ0v) is 21.1. The second-order valence-corrected chi connectivity index (χ2v) is 10.5. The standard InChI is InChI=1S/C18H32.C12H22/c1-7-9-11-15(3)17(5)13-14-18(6)16(4)12-10-8-2;1-3-7-11(8-4-1)12-9-5-2-6-10-12/h7,9,11,16-18H,1,3,8,10,12-14H2,2,4-6H3;11-12H,1-10H2/b11-9-;. The lowest BCUT2D eigenvalue weighted by Gasteiger charge is -2.32. The topological polar surface area (TPSA) is 0 Å². The van der Waals surface area contributed by atoms with Crippen LogP contribution in [0.5, 0.6) is 0 Å². The molecule has 3 atom stereocenters. The van der Waals surface area contributed by atoms with E-state index in [1.165, 1.54) is 76.2 Å². The summed E-state index contributed by atoms with van der Waals surface area (Å²) in [6.45, 7) is 17.2. The Kier molecular flexibility index (Phi) is 15.3. The Balaban J connectivity index is 0.000000321. The van der Waals surface area contributed by atoms with Crippen molar-refractivity contribution in [3.8, 4) is 0 Å². The Morgan fingerprint density at radius 2 is 1.30 bits per heavy atom. The molecule has 2 fully saturated rings. The molecule has 0 aromatic carbocycles. The normalized spacial score (nSPS) is 21.5. The van der Waals surface area contributed by atoms with E-state index < -0.39 is 0 Å². The first-order valence-electron chi connectivity index (χ1n) is 13.5. The van der Waals surface area contributed by atoms with Gasteiger partial charge in [0.05, 0.1) is 0 Å². The quantitative estimate of drug-likeness (QED) is 0.295. The maximum absolute atomic E-state index is 4.13. The van der Waals surface area contributed by atoms with Crippen LogP contribution in [0, 0.1) is 29.6 Å². The summed E-state index contributed by atoms with van der Waals surface area (Å²) in [5.41, 5.74) is 1.23. The van der Waals surface area contributed by atoms with Crippen LogP contribution in [0.25, 0.3) is 0 Å². The number of hydrogen-bond donors (Lipinski definition) is 0. The first-order chi connectivity index (χ1) is 14.5. The summed E-state index contributed by atoms with van der Waals surface area (Å²) in [5.74, 6) is 4.55. The predicted molar refractivity (Wildman–Crippen MR) is 138 cm³/mol. The third-order valence-corrected chi connectivity index (χ3v) is 8.09. The van der Waals surface area contributed by atoms with E-state index in [1.54, 1.807) is 25.7 Å². The van der Waals surface area contributed by atoms with Crippen molar-refractivity contribution in [3.05, 3.63) is 37.0 Å². The third kappa shape index (κ3) is 11.6. The van der Waals surface area contributed by atoms with Crippen LogP contribution >= 0.6 is 0 Å². The van der Waals surface area contributed by atoms with Crippen molar-refractivity contribution in [2.75, 3.05) is 0 Å². The fourth-order valence-electron chi connectivity index (χ4n) is 5.36. The van der Waals surface area contributed by atoms with Gasteiger partial charge in [0.25, 0.3) is 0 Å². The number of rotatable bonds is 11. The minimum Gasteiger partial charge on any atom is -0.0991 e. The van der Waals surface area contributed by atoms with Crippen LogP contribution < -0.4 is 0 Å². The monoisotopic (exact) mass is 414 g/mol. The summed E-state index contributed by atoms with van der Waals surface area (Å²) in [4.78, 5) is 0. The summed E-state index contributed by atoms with van der Waals surface area (Å²) in [6.07, 6.45) is 27.9. The van der Waals surface area contributed by atoms with Crippen molar-refractivity contribution in [2.45, 2.75) is 124 Å². The number of unbranched alkanes of at least 4 members (excludes halogenated alkanes) is 1. The molecule has 0 radical (unpaired) electrons. The van der Waals surface area contributed by atoms with Gasteiger partial charge in [-0.1, -0.05) is 148 Å². The molecule has 2 aliphatic rings. The number of hydrogen-bond acceptors (Lipinski definition) is 0. The summed E-state index contributed by atoms with van der Waals surface area (Å²) in [5, 5.41) is 0. The van der Waals surface area contributed by atoms with Crippen molar-refractivity contribution >= 4 is 0 Å². The molecule has 0 N–H and O–H groups in total. The fourth-order valence-corrected chi connectivity index (χ4v) is 5.36. The zero-order valence-electron chi connectivity index (χ0n) is 21.1. The molecule has 2 saturated carbocycles. The van der Waals surface area contributed by atoms with E-state index >= 15 is 0 Å². The summed E-state index contributed by atoms with van der Waals surface area (Å²) < 4.78 is 0. The predicted octanol–water partition coefficient (Wildman–Crippen LogP) is 10.3. The molecule has 0 heterocycles. The van der Waals surface area contributed by atoms with Crippen LogP contribution in [0.4, 0.5) is 0 Å². The van der Waals surface area contributed by atoms with Crippen molar-refractivity contribution in [1.29, 1.82) is 0 Å². The minimum atomic E-state index is 0.585. The molecule has 3 unspecified atom stereocenters. The average molecular weight is 415 g/mol. The van der Waals surface area contributed by atoms with Crippen molar-refractivity contribution in [3.63, 3.8) is 0 Å². The zero-order chi connectivity index (χ0) is 22.2. The van der Waals surface area contributed by atoms with Gasteiger partial charge >= 0.3 is 0 Å². The van der Waals surface area contributed by atoms with Crippen molar-refractivity contribution in [2.24, 2.45) is 29.6 Å². The molecule has 0 nitrogen and oxygen atoms in total. The Morgan fingerprint density at radius 1 is 0.800 bits per heavy atom. The van der Waals surface area contributed by atoms with Gasteiger partial charge in [-0.05, 0) is 42.4 Å². The fraction of sp³-hybridized carbons (Fsp3) is 0.800. The molecule has 0 bridgehead atoms. The van der Waals surface area contributed by atoms with Gasteiger partial charge in [-0.15, -0.1) is 0 Å². The van der Waals surface area contributed by atoms with Gasteiger partial charge in [-0.2, -0.15) is 0 Å². The van der Waals surface area contributed by atoms with E-state index in [1.807, 2.05) is 12.2 Å². The van der Waals surface area contributed by atoms with E-state index in [-0.39, 0.29) is 0 Å². The summed E-state index contributed by atoms with van der Waals surface area (Å²) in [7, 11) is 0. The first kappa shape index (κ1) is 27.3. The van der Waals surface area contributed by atoms with E-state index in [0.717, 1.165) is 23.7 Å². The molecule has 2 rings (SSSR count). The van der Waals surface area contributed by atoms with E-state index in [4.69, 9.17) is 0 Å². The van der Waals surface area contributed by atoms with Crippen LogP contribution in [0.15, 0.2) is 37.0 Å². The van der Waals surface area contributed by atoms with Gasteiger partial charge in [0.2, 0.25) is 0 Å². The first-order valence-corrected chi connectivity index (χ1v) is 13.5. The van der Waals surface area contributed by atoms with Crippen LogP contribution in [0.3, 0.4) is 0 Å². The van der Waals surface area contributed by atoms with E-state index in [9.17, 15) is 0 Å². The van der Waals surface area contributed by atoms with Gasteiger partial charge in [0, 0.05) is 0 Å². The molecular formula is C30H54. The number of allylic oxidation sites excluding steroid dienone is 4. The van der Waals surface area contributed by atoms with Gasteiger partial charge < -0.3 is 0 Å². The molecule has 0 heteroatoms. The molecular weight excluding hydrogens is 360 g/mol. The van der Waals surface area contributed by atoms with Crippen LogP contribution in [0.2, 0.25) is 0 Å². The lowest BCUT2D eigenvalue weighted by molar-refractivity contribution is 0.196. The highest BCUT2D eigenvalue weighted by atomic mass is 14.3. The minimum absolute atomic E-state index is 0.585. The Labute approximate surface area is 190 Å². The average Bonchev–Trinajstić information content (AvgIpc) is 2.80. The largest absolute Gasteiger partial charge is 0.0991 e. The molecule has 174 valence electrons. The van der Waals surface area contributed by atoms with Gasteiger partial charge in [-0.3, -0.25) is 0 Å². The third-order valence-electron chi connectivity index (χ3n) is 8.09. The van der Waals surface area contributed by atoms with Crippen LogP contribution in [-0.2, 0) is 0 Å². The van der Waals surface area contributed by atoms with Gasteiger partial charge in [0.15, 0.2) is 0 Å². The highest BCUT2D eigenvalue weighted by molar-refractivity contribution is 5.20. The second-order valence-electron chi connectivity index (χ2n) is 10.5. The van der Waals surface area contributed by atoms with Crippen molar-refractivity contribution in [1.82, 2.24) is 0 Å². The molecule has 2 aliphatic carbocycles.